The van der Waals surface area contributed by atoms with Gasteiger partial charge < -0.3 is 14.3 Å². The Bertz CT molecular complexity index is 1080. The molecule has 0 aliphatic carbocycles. The number of carbonyl (C=O) groups excluding carboxylic acids is 1. The minimum atomic E-state index is -0.496. The van der Waals surface area contributed by atoms with Crippen LogP contribution in [-0.4, -0.2) is 31.4 Å². The zero-order valence-corrected chi connectivity index (χ0v) is 16.2. The van der Waals surface area contributed by atoms with Crippen LogP contribution in [0.3, 0.4) is 0 Å². The number of anilines is 1. The third-order valence-corrected chi connectivity index (χ3v) is 4.56. The van der Waals surface area contributed by atoms with Crippen molar-refractivity contribution in [1.29, 1.82) is 0 Å². The molecule has 0 spiro atoms. The first-order valence-corrected chi connectivity index (χ1v) is 9.51. The van der Waals surface area contributed by atoms with Crippen LogP contribution in [0.15, 0.2) is 49.7 Å². The van der Waals surface area contributed by atoms with Crippen molar-refractivity contribution in [2.45, 2.75) is 32.0 Å². The van der Waals surface area contributed by atoms with Crippen LogP contribution in [0.1, 0.15) is 17.0 Å². The van der Waals surface area contributed by atoms with E-state index in [4.69, 9.17) is 4.42 Å². The lowest BCUT2D eigenvalue weighted by Gasteiger charge is -2.06. The van der Waals surface area contributed by atoms with Gasteiger partial charge in [0.1, 0.15) is 0 Å². The summed E-state index contributed by atoms with van der Waals surface area (Å²) in [6, 6.07) is 7.11. The molecular weight excluding hydrogens is 382 g/mol. The van der Waals surface area contributed by atoms with Gasteiger partial charge in [-0.2, -0.15) is 0 Å². The highest BCUT2D eigenvalue weighted by atomic mass is 32.2. The van der Waals surface area contributed by atoms with Gasteiger partial charge in [-0.05, 0) is 37.1 Å². The van der Waals surface area contributed by atoms with Gasteiger partial charge in [-0.1, -0.05) is 17.8 Å². The fourth-order valence-corrected chi connectivity index (χ4v) is 3.19. The highest BCUT2D eigenvalue weighted by Crippen LogP contribution is 2.18. The SMILES string of the molecule is Cc1cc(C)cc(NC(=O)CSc2nnc(CCn3ccc(=O)[nH]c3=O)o2)c1. The molecule has 0 unspecified atom stereocenters. The first-order chi connectivity index (χ1) is 13.4. The Morgan fingerprint density at radius 2 is 1.96 bits per heavy atom. The molecule has 10 heteroatoms. The highest BCUT2D eigenvalue weighted by molar-refractivity contribution is 7.99. The number of aromatic nitrogens is 4. The molecule has 1 amide bonds. The molecule has 28 heavy (non-hydrogen) atoms. The topological polar surface area (TPSA) is 123 Å². The summed E-state index contributed by atoms with van der Waals surface area (Å²) in [5.41, 5.74) is 1.96. The van der Waals surface area contributed by atoms with Crippen molar-refractivity contribution in [3.63, 3.8) is 0 Å². The first kappa shape index (κ1) is 19.6. The molecule has 0 aliphatic rings. The van der Waals surface area contributed by atoms with Crippen LogP contribution in [0, 0.1) is 13.8 Å². The molecule has 9 nitrogen and oxygen atoms in total. The lowest BCUT2D eigenvalue weighted by Crippen LogP contribution is -2.29. The molecule has 0 aliphatic heterocycles. The van der Waals surface area contributed by atoms with Gasteiger partial charge in [-0.3, -0.25) is 14.6 Å². The van der Waals surface area contributed by atoms with E-state index in [1.54, 1.807) is 0 Å². The van der Waals surface area contributed by atoms with E-state index in [0.717, 1.165) is 28.6 Å². The molecule has 0 saturated heterocycles. The summed E-state index contributed by atoms with van der Waals surface area (Å²) in [5.74, 6) is 0.304. The van der Waals surface area contributed by atoms with Crippen molar-refractivity contribution in [3.05, 3.63) is 68.3 Å². The number of benzene rings is 1. The summed E-state index contributed by atoms with van der Waals surface area (Å²) in [6.07, 6.45) is 1.73. The highest BCUT2D eigenvalue weighted by Gasteiger charge is 2.11. The molecule has 0 radical (unpaired) electrons. The van der Waals surface area contributed by atoms with Crippen LogP contribution in [0.2, 0.25) is 0 Å². The zero-order chi connectivity index (χ0) is 20.1. The normalized spacial score (nSPS) is 10.8. The molecule has 2 N–H and O–H groups in total. The molecule has 2 aromatic heterocycles. The van der Waals surface area contributed by atoms with Gasteiger partial charge in [0, 0.05) is 30.9 Å². The monoisotopic (exact) mass is 401 g/mol. The Balaban J connectivity index is 1.50. The Morgan fingerprint density at radius 3 is 2.68 bits per heavy atom. The van der Waals surface area contributed by atoms with E-state index in [1.807, 2.05) is 32.0 Å². The number of nitrogens with zero attached hydrogens (tertiary/aromatic N) is 3. The van der Waals surface area contributed by atoms with Crippen LogP contribution in [0.5, 0.6) is 0 Å². The molecule has 0 fully saturated rings. The summed E-state index contributed by atoms with van der Waals surface area (Å²) in [4.78, 5) is 37.0. The first-order valence-electron chi connectivity index (χ1n) is 8.52. The van der Waals surface area contributed by atoms with Gasteiger partial charge in [0.05, 0.1) is 5.75 Å². The Labute approximate surface area is 164 Å². The van der Waals surface area contributed by atoms with E-state index in [-0.39, 0.29) is 23.4 Å². The summed E-state index contributed by atoms with van der Waals surface area (Å²) in [5, 5.41) is 10.9. The molecule has 0 saturated carbocycles. The molecule has 3 aromatic rings. The number of aromatic amines is 1. The number of amides is 1. The average Bonchev–Trinajstić information content (AvgIpc) is 3.06. The van der Waals surface area contributed by atoms with Crippen molar-refractivity contribution in [2.24, 2.45) is 0 Å². The minimum Gasteiger partial charge on any atom is -0.416 e. The second-order valence-electron chi connectivity index (χ2n) is 6.23. The Kier molecular flexibility index (Phi) is 6.09. The maximum Gasteiger partial charge on any atom is 0.328 e. The van der Waals surface area contributed by atoms with Gasteiger partial charge >= 0.3 is 5.69 Å². The number of hydrogen-bond acceptors (Lipinski definition) is 7. The quantitative estimate of drug-likeness (QED) is 0.575. The smallest absolute Gasteiger partial charge is 0.328 e. The fourth-order valence-electron chi connectivity index (χ4n) is 2.61. The predicted octanol–water partition coefficient (Wildman–Crippen LogP) is 1.51. The molecule has 2 heterocycles. The van der Waals surface area contributed by atoms with Crippen molar-refractivity contribution in [2.75, 3.05) is 11.1 Å². The van der Waals surface area contributed by atoms with Gasteiger partial charge in [0.2, 0.25) is 11.8 Å². The van der Waals surface area contributed by atoms with E-state index in [1.165, 1.54) is 16.8 Å². The summed E-state index contributed by atoms with van der Waals surface area (Å²) in [6.45, 7) is 4.23. The maximum atomic E-state index is 12.1. The number of hydrogen-bond donors (Lipinski definition) is 2. The van der Waals surface area contributed by atoms with Crippen molar-refractivity contribution < 1.29 is 9.21 Å². The van der Waals surface area contributed by atoms with Crippen LogP contribution >= 0.6 is 11.8 Å². The molecule has 0 bridgehead atoms. The summed E-state index contributed by atoms with van der Waals surface area (Å²) >= 11 is 1.14. The number of carbonyl (C=O) groups is 1. The second-order valence-corrected chi connectivity index (χ2v) is 7.16. The van der Waals surface area contributed by atoms with Crippen LogP contribution < -0.4 is 16.6 Å². The Hall–Kier alpha value is -3.14. The summed E-state index contributed by atoms with van der Waals surface area (Å²) in [7, 11) is 0. The second kappa shape index (κ2) is 8.70. The molecule has 3 rings (SSSR count). The Morgan fingerprint density at radius 1 is 1.21 bits per heavy atom. The molecule has 0 atom stereocenters. The zero-order valence-electron chi connectivity index (χ0n) is 15.4. The van der Waals surface area contributed by atoms with Gasteiger partial charge in [0.15, 0.2) is 0 Å². The van der Waals surface area contributed by atoms with Gasteiger partial charge in [-0.25, -0.2) is 4.79 Å². The van der Waals surface area contributed by atoms with E-state index in [0.29, 0.717) is 12.3 Å². The lowest BCUT2D eigenvalue weighted by molar-refractivity contribution is -0.113. The van der Waals surface area contributed by atoms with Crippen molar-refractivity contribution in [3.8, 4) is 0 Å². The molecular formula is C18H19N5O4S. The standard InChI is InChI=1S/C18H19N5O4S/c1-11-7-12(2)9-13(8-11)19-15(25)10-28-18-22-21-16(27-18)4-6-23-5-3-14(24)20-17(23)26/h3,5,7-9H,4,6,10H2,1-2H3,(H,19,25)(H,20,24,26). The van der Waals surface area contributed by atoms with E-state index in [2.05, 4.69) is 20.5 Å². The van der Waals surface area contributed by atoms with Gasteiger partial charge in [0.25, 0.3) is 10.8 Å². The largest absolute Gasteiger partial charge is 0.416 e. The number of rotatable bonds is 7. The summed E-state index contributed by atoms with van der Waals surface area (Å²) < 4.78 is 6.82. The van der Waals surface area contributed by atoms with E-state index in [9.17, 15) is 14.4 Å². The maximum absolute atomic E-state index is 12.1. The average molecular weight is 401 g/mol. The number of nitrogens with one attached hydrogen (secondary N) is 2. The van der Waals surface area contributed by atoms with Crippen molar-refractivity contribution in [1.82, 2.24) is 19.7 Å². The van der Waals surface area contributed by atoms with Crippen molar-refractivity contribution >= 4 is 23.4 Å². The minimum absolute atomic E-state index is 0.133. The molecule has 146 valence electrons. The van der Waals surface area contributed by atoms with E-state index < -0.39 is 11.2 Å². The van der Waals surface area contributed by atoms with Crippen LogP contribution in [-0.2, 0) is 17.8 Å². The van der Waals surface area contributed by atoms with E-state index >= 15 is 0 Å². The number of H-pyrrole nitrogens is 1. The third kappa shape index (κ3) is 5.43. The van der Waals surface area contributed by atoms with Crippen LogP contribution in [0.25, 0.3) is 0 Å². The predicted molar refractivity (Wildman–Crippen MR) is 105 cm³/mol. The van der Waals surface area contributed by atoms with Crippen LogP contribution in [0.4, 0.5) is 5.69 Å². The third-order valence-electron chi connectivity index (χ3n) is 3.74. The molecule has 1 aromatic carbocycles. The lowest BCUT2D eigenvalue weighted by atomic mass is 10.1. The number of thioether (sulfide) groups is 1. The fraction of sp³-hybridized carbons (Fsp3) is 0.278. The van der Waals surface area contributed by atoms with Gasteiger partial charge in [-0.15, -0.1) is 10.2 Å². The number of aryl methyl sites for hydroxylation is 4.